The Balaban J connectivity index is 2.78. The lowest BCUT2D eigenvalue weighted by molar-refractivity contribution is 0.195. The van der Waals surface area contributed by atoms with E-state index in [1.54, 1.807) is 6.92 Å². The highest BCUT2D eigenvalue weighted by atomic mass is 35.5. The van der Waals surface area contributed by atoms with Crippen LogP contribution in [0.25, 0.3) is 0 Å². The van der Waals surface area contributed by atoms with Gasteiger partial charge in [0.05, 0.1) is 6.10 Å². The van der Waals surface area contributed by atoms with Gasteiger partial charge in [-0.05, 0) is 25.0 Å². The summed E-state index contributed by atoms with van der Waals surface area (Å²) < 4.78 is 0. The maximum absolute atomic E-state index is 9.07. The molecule has 0 aliphatic heterocycles. The minimum absolute atomic E-state index is 0.324. The first-order chi connectivity index (χ1) is 5.20. The van der Waals surface area contributed by atoms with Crippen LogP contribution in [0.5, 0.6) is 0 Å². The molecule has 0 aliphatic carbocycles. The van der Waals surface area contributed by atoms with Gasteiger partial charge < -0.3 is 5.11 Å². The van der Waals surface area contributed by atoms with Crippen LogP contribution in [0.4, 0.5) is 0 Å². The molecule has 60 valence electrons. The van der Waals surface area contributed by atoms with Crippen LogP contribution in [-0.4, -0.2) is 11.2 Å². The van der Waals surface area contributed by atoms with Crippen LogP contribution in [0.15, 0.2) is 24.3 Å². The Morgan fingerprint density at radius 1 is 1.45 bits per heavy atom. The molecule has 1 nitrogen and oxygen atoms in total. The predicted octanol–water partition coefficient (Wildman–Crippen LogP) is 2.26. The van der Waals surface area contributed by atoms with Crippen molar-refractivity contribution in [2.24, 2.45) is 0 Å². The van der Waals surface area contributed by atoms with Crippen LogP contribution in [-0.2, 0) is 6.42 Å². The van der Waals surface area contributed by atoms with E-state index in [4.69, 9.17) is 16.7 Å². The quantitative estimate of drug-likeness (QED) is 0.722. The lowest BCUT2D eigenvalue weighted by atomic mass is 10.1. The topological polar surface area (TPSA) is 20.2 Å². The molecule has 1 aromatic rings. The Labute approximate surface area is 71.6 Å². The number of hydrogen-bond donors (Lipinski definition) is 1. The number of rotatable bonds is 2. The molecule has 0 bridgehead atoms. The average Bonchev–Trinajstić information content (AvgIpc) is 1.93. The van der Waals surface area contributed by atoms with Gasteiger partial charge in [-0.2, -0.15) is 0 Å². The highest BCUT2D eigenvalue weighted by molar-refractivity contribution is 6.31. The summed E-state index contributed by atoms with van der Waals surface area (Å²) in [5.74, 6) is 0. The molecule has 0 fully saturated rings. The molecule has 0 aliphatic rings. The van der Waals surface area contributed by atoms with E-state index in [2.05, 4.69) is 0 Å². The van der Waals surface area contributed by atoms with Crippen LogP contribution in [0.2, 0.25) is 5.02 Å². The molecule has 1 unspecified atom stereocenters. The van der Waals surface area contributed by atoms with Crippen molar-refractivity contribution in [2.75, 3.05) is 0 Å². The third-order valence-corrected chi connectivity index (χ3v) is 1.84. The summed E-state index contributed by atoms with van der Waals surface area (Å²) in [4.78, 5) is 0. The molecular weight excluding hydrogens is 160 g/mol. The molecule has 0 radical (unpaired) electrons. The van der Waals surface area contributed by atoms with Gasteiger partial charge in [-0.3, -0.25) is 0 Å². The molecular formula is C9H11ClO. The van der Waals surface area contributed by atoms with E-state index in [0.29, 0.717) is 6.42 Å². The third-order valence-electron chi connectivity index (χ3n) is 1.47. The van der Waals surface area contributed by atoms with E-state index >= 15 is 0 Å². The van der Waals surface area contributed by atoms with Crippen molar-refractivity contribution in [1.82, 2.24) is 0 Å². The number of benzene rings is 1. The second kappa shape index (κ2) is 3.74. The molecule has 11 heavy (non-hydrogen) atoms. The zero-order chi connectivity index (χ0) is 8.27. The number of aliphatic hydroxyl groups excluding tert-OH is 1. The number of halogens is 1. The van der Waals surface area contributed by atoms with Gasteiger partial charge >= 0.3 is 0 Å². The van der Waals surface area contributed by atoms with E-state index in [9.17, 15) is 0 Å². The summed E-state index contributed by atoms with van der Waals surface area (Å²) >= 11 is 5.86. The Hall–Kier alpha value is -0.530. The van der Waals surface area contributed by atoms with Crippen LogP contribution in [0.1, 0.15) is 12.5 Å². The number of hydrogen-bond acceptors (Lipinski definition) is 1. The van der Waals surface area contributed by atoms with Crippen molar-refractivity contribution in [3.8, 4) is 0 Å². The van der Waals surface area contributed by atoms with Crippen molar-refractivity contribution >= 4 is 11.6 Å². The van der Waals surface area contributed by atoms with E-state index in [-0.39, 0.29) is 6.10 Å². The van der Waals surface area contributed by atoms with Gasteiger partial charge in [-0.1, -0.05) is 29.8 Å². The van der Waals surface area contributed by atoms with Crippen molar-refractivity contribution in [3.05, 3.63) is 34.9 Å². The monoisotopic (exact) mass is 170 g/mol. The average molecular weight is 171 g/mol. The maximum atomic E-state index is 9.07. The Bertz CT molecular complexity index is 233. The van der Waals surface area contributed by atoms with Gasteiger partial charge in [-0.15, -0.1) is 0 Å². The van der Waals surface area contributed by atoms with Crippen LogP contribution >= 0.6 is 11.6 Å². The van der Waals surface area contributed by atoms with Gasteiger partial charge in [-0.25, -0.2) is 0 Å². The van der Waals surface area contributed by atoms with Gasteiger partial charge in [0.2, 0.25) is 0 Å². The summed E-state index contributed by atoms with van der Waals surface area (Å²) in [5.41, 5.74) is 1.00. The normalized spacial score (nSPS) is 13.0. The fraction of sp³-hybridized carbons (Fsp3) is 0.333. The van der Waals surface area contributed by atoms with Crippen molar-refractivity contribution < 1.29 is 5.11 Å². The molecule has 2 heteroatoms. The van der Waals surface area contributed by atoms with Crippen molar-refractivity contribution in [2.45, 2.75) is 19.4 Å². The summed E-state index contributed by atoms with van der Waals surface area (Å²) in [5, 5.41) is 9.80. The van der Waals surface area contributed by atoms with Gasteiger partial charge in [0.1, 0.15) is 0 Å². The van der Waals surface area contributed by atoms with Crippen LogP contribution in [0.3, 0.4) is 0 Å². The minimum atomic E-state index is -0.324. The minimum Gasteiger partial charge on any atom is -0.393 e. The number of aliphatic hydroxyl groups is 1. The van der Waals surface area contributed by atoms with Crippen molar-refractivity contribution in [1.29, 1.82) is 0 Å². The Morgan fingerprint density at radius 2 is 2.09 bits per heavy atom. The molecule has 1 N–H and O–H groups in total. The lowest BCUT2D eigenvalue weighted by Crippen LogP contribution is -2.04. The van der Waals surface area contributed by atoms with Gasteiger partial charge in [0.15, 0.2) is 0 Å². The molecule has 1 atom stereocenters. The molecule has 0 amide bonds. The maximum Gasteiger partial charge on any atom is 0.0552 e. The summed E-state index contributed by atoms with van der Waals surface area (Å²) in [6.45, 7) is 1.75. The lowest BCUT2D eigenvalue weighted by Gasteiger charge is -2.05. The van der Waals surface area contributed by atoms with Gasteiger partial charge in [0.25, 0.3) is 0 Å². The first kappa shape index (κ1) is 8.57. The SMILES string of the molecule is CC(O)Cc1ccccc1Cl. The van der Waals surface area contributed by atoms with Crippen LogP contribution < -0.4 is 0 Å². The van der Waals surface area contributed by atoms with E-state index in [1.165, 1.54) is 0 Å². The summed E-state index contributed by atoms with van der Waals surface area (Å²) in [7, 11) is 0. The first-order valence-corrected chi connectivity index (χ1v) is 3.99. The molecule has 1 rings (SSSR count). The zero-order valence-corrected chi connectivity index (χ0v) is 7.17. The predicted molar refractivity (Wildman–Crippen MR) is 46.8 cm³/mol. The molecule has 0 spiro atoms. The zero-order valence-electron chi connectivity index (χ0n) is 6.42. The third kappa shape index (κ3) is 2.52. The molecule has 0 saturated heterocycles. The highest BCUT2D eigenvalue weighted by Crippen LogP contribution is 2.16. The van der Waals surface area contributed by atoms with Gasteiger partial charge in [0, 0.05) is 5.02 Å². The molecule has 1 aromatic carbocycles. The highest BCUT2D eigenvalue weighted by Gasteiger charge is 2.01. The van der Waals surface area contributed by atoms with E-state index in [1.807, 2.05) is 24.3 Å². The fourth-order valence-corrected chi connectivity index (χ4v) is 1.20. The molecule has 0 aromatic heterocycles. The molecule has 0 saturated carbocycles. The van der Waals surface area contributed by atoms with E-state index in [0.717, 1.165) is 10.6 Å². The van der Waals surface area contributed by atoms with E-state index < -0.39 is 0 Å². The standard InChI is InChI=1S/C9H11ClO/c1-7(11)6-8-4-2-3-5-9(8)10/h2-5,7,11H,6H2,1H3. The van der Waals surface area contributed by atoms with Crippen molar-refractivity contribution in [3.63, 3.8) is 0 Å². The first-order valence-electron chi connectivity index (χ1n) is 3.61. The summed E-state index contributed by atoms with van der Waals surface area (Å²) in [6.07, 6.45) is 0.301. The smallest absolute Gasteiger partial charge is 0.0552 e. The Kier molecular flexibility index (Phi) is 2.92. The van der Waals surface area contributed by atoms with Crippen LogP contribution in [0, 0.1) is 0 Å². The second-order valence-electron chi connectivity index (χ2n) is 2.64. The fourth-order valence-electron chi connectivity index (χ4n) is 0.982. The second-order valence-corrected chi connectivity index (χ2v) is 3.05. The Morgan fingerprint density at radius 3 is 2.64 bits per heavy atom. The summed E-state index contributed by atoms with van der Waals surface area (Å²) in [6, 6.07) is 7.56. The molecule has 0 heterocycles. The largest absolute Gasteiger partial charge is 0.393 e.